The summed E-state index contributed by atoms with van der Waals surface area (Å²) < 4.78 is 10.7. The van der Waals surface area contributed by atoms with Gasteiger partial charge in [0.15, 0.2) is 12.6 Å². The summed E-state index contributed by atoms with van der Waals surface area (Å²) in [6.07, 6.45) is 2.50. The lowest BCUT2D eigenvalue weighted by Gasteiger charge is -2.08. The predicted octanol–water partition coefficient (Wildman–Crippen LogP) is 2.20. The lowest BCUT2D eigenvalue weighted by molar-refractivity contribution is 0.00999. The van der Waals surface area contributed by atoms with Crippen LogP contribution in [-0.4, -0.2) is 24.4 Å². The minimum Gasteiger partial charge on any atom is -0.468 e. The van der Waals surface area contributed by atoms with Crippen LogP contribution in [0, 0.1) is 5.92 Å². The highest BCUT2D eigenvalue weighted by Crippen LogP contribution is 2.29. The molecule has 0 saturated heterocycles. The maximum absolute atomic E-state index is 8.57. The van der Waals surface area contributed by atoms with E-state index in [0.29, 0.717) is 22.3 Å². The highest BCUT2D eigenvalue weighted by atomic mass is 35.5. The van der Waals surface area contributed by atoms with E-state index in [1.807, 2.05) is 0 Å². The average Bonchev–Trinajstić information content (AvgIpc) is 3.18. The molecule has 1 saturated carbocycles. The Morgan fingerprint density at radius 1 is 1.50 bits per heavy atom. The maximum Gasteiger partial charge on any atom is 0.189 e. The van der Waals surface area contributed by atoms with E-state index in [1.54, 1.807) is 18.2 Å². The zero-order valence-corrected chi connectivity index (χ0v) is 10.6. The first-order chi connectivity index (χ1) is 8.70. The van der Waals surface area contributed by atoms with Gasteiger partial charge < -0.3 is 20.4 Å². The summed E-state index contributed by atoms with van der Waals surface area (Å²) >= 11 is 5.98. The highest BCUT2D eigenvalue weighted by molar-refractivity contribution is 6.34. The Bertz CT molecular complexity index is 447. The van der Waals surface area contributed by atoms with Gasteiger partial charge in [-0.1, -0.05) is 16.8 Å². The molecule has 0 aliphatic heterocycles. The van der Waals surface area contributed by atoms with E-state index in [0.717, 1.165) is 6.61 Å². The van der Waals surface area contributed by atoms with Gasteiger partial charge in [0, 0.05) is 5.56 Å². The number of benzene rings is 1. The van der Waals surface area contributed by atoms with Crippen LogP contribution in [-0.2, 0) is 4.74 Å². The zero-order valence-electron chi connectivity index (χ0n) is 9.80. The molecule has 1 aliphatic carbocycles. The SMILES string of the molecule is N/C(=N/O)c1ccc(OCOCC2CC2)cc1Cl. The fourth-order valence-corrected chi connectivity index (χ4v) is 1.72. The second kappa shape index (κ2) is 5.93. The maximum atomic E-state index is 8.57. The second-order valence-corrected chi connectivity index (χ2v) is 4.61. The van der Waals surface area contributed by atoms with Crippen LogP contribution < -0.4 is 10.5 Å². The van der Waals surface area contributed by atoms with Gasteiger partial charge in [-0.15, -0.1) is 0 Å². The van der Waals surface area contributed by atoms with Crippen molar-refractivity contribution < 1.29 is 14.7 Å². The summed E-state index contributed by atoms with van der Waals surface area (Å²) in [7, 11) is 0. The van der Waals surface area contributed by atoms with Gasteiger partial charge in [-0.3, -0.25) is 0 Å². The van der Waals surface area contributed by atoms with Crippen molar-refractivity contribution in [2.45, 2.75) is 12.8 Å². The van der Waals surface area contributed by atoms with Crippen molar-refractivity contribution in [2.75, 3.05) is 13.4 Å². The topological polar surface area (TPSA) is 77.1 Å². The van der Waals surface area contributed by atoms with E-state index in [1.165, 1.54) is 12.8 Å². The molecule has 1 fully saturated rings. The Labute approximate surface area is 110 Å². The number of nitrogens with two attached hydrogens (primary N) is 1. The molecular formula is C12H15ClN2O3. The standard InChI is InChI=1S/C12H15ClN2O3/c13-11-5-9(3-4-10(11)12(14)15-16)18-7-17-6-8-1-2-8/h3-5,8,16H,1-2,6-7H2,(H2,14,15). The van der Waals surface area contributed by atoms with Crippen LogP contribution in [0.3, 0.4) is 0 Å². The molecule has 1 aromatic rings. The van der Waals surface area contributed by atoms with Crippen molar-refractivity contribution in [2.24, 2.45) is 16.8 Å². The Morgan fingerprint density at radius 2 is 2.28 bits per heavy atom. The van der Waals surface area contributed by atoms with Gasteiger partial charge in [0.2, 0.25) is 0 Å². The van der Waals surface area contributed by atoms with E-state index < -0.39 is 0 Å². The molecule has 0 aromatic heterocycles. The van der Waals surface area contributed by atoms with Gasteiger partial charge in [-0.2, -0.15) is 0 Å². The third kappa shape index (κ3) is 3.51. The van der Waals surface area contributed by atoms with Crippen LogP contribution in [0.4, 0.5) is 0 Å². The lowest BCUT2D eigenvalue weighted by atomic mass is 10.2. The van der Waals surface area contributed by atoms with Crippen LogP contribution in [0.1, 0.15) is 18.4 Å². The molecule has 2 rings (SSSR count). The number of rotatable bonds is 6. The number of ether oxygens (including phenoxy) is 2. The molecule has 0 atom stereocenters. The number of hydrogen-bond donors (Lipinski definition) is 2. The number of nitrogens with zero attached hydrogens (tertiary/aromatic N) is 1. The minimum atomic E-state index is -0.0310. The van der Waals surface area contributed by atoms with Gasteiger partial charge >= 0.3 is 0 Å². The van der Waals surface area contributed by atoms with E-state index >= 15 is 0 Å². The zero-order chi connectivity index (χ0) is 13.0. The summed E-state index contributed by atoms with van der Waals surface area (Å²) in [6, 6.07) is 4.93. The van der Waals surface area contributed by atoms with Gasteiger partial charge in [0.05, 0.1) is 11.6 Å². The Hall–Kier alpha value is -1.46. The first-order valence-electron chi connectivity index (χ1n) is 5.68. The van der Waals surface area contributed by atoms with Gasteiger partial charge in [-0.05, 0) is 37.0 Å². The monoisotopic (exact) mass is 270 g/mol. The summed E-state index contributed by atoms with van der Waals surface area (Å²) in [6.45, 7) is 0.950. The Morgan fingerprint density at radius 3 is 2.89 bits per heavy atom. The molecule has 0 unspecified atom stereocenters. The van der Waals surface area contributed by atoms with E-state index in [4.69, 9.17) is 32.0 Å². The Balaban J connectivity index is 1.87. The van der Waals surface area contributed by atoms with Crippen LogP contribution in [0.5, 0.6) is 5.75 Å². The van der Waals surface area contributed by atoms with Crippen LogP contribution in [0.25, 0.3) is 0 Å². The predicted molar refractivity (Wildman–Crippen MR) is 68.1 cm³/mol. The van der Waals surface area contributed by atoms with E-state index in [9.17, 15) is 0 Å². The van der Waals surface area contributed by atoms with Crippen molar-refractivity contribution in [1.29, 1.82) is 0 Å². The van der Waals surface area contributed by atoms with E-state index in [2.05, 4.69) is 5.16 Å². The van der Waals surface area contributed by atoms with Crippen molar-refractivity contribution in [1.82, 2.24) is 0 Å². The largest absolute Gasteiger partial charge is 0.468 e. The summed E-state index contributed by atoms with van der Waals surface area (Å²) in [5.41, 5.74) is 5.92. The van der Waals surface area contributed by atoms with Crippen LogP contribution >= 0.6 is 11.6 Å². The summed E-state index contributed by atoms with van der Waals surface area (Å²) in [4.78, 5) is 0. The number of amidine groups is 1. The molecular weight excluding hydrogens is 256 g/mol. The molecule has 18 heavy (non-hydrogen) atoms. The molecule has 98 valence electrons. The van der Waals surface area contributed by atoms with Crippen molar-refractivity contribution in [3.05, 3.63) is 28.8 Å². The fraction of sp³-hybridized carbons (Fsp3) is 0.417. The summed E-state index contributed by atoms with van der Waals surface area (Å²) in [5, 5.41) is 11.8. The Kier molecular flexibility index (Phi) is 4.28. The lowest BCUT2D eigenvalue weighted by Crippen LogP contribution is -2.13. The van der Waals surface area contributed by atoms with Gasteiger partial charge in [0.25, 0.3) is 0 Å². The van der Waals surface area contributed by atoms with Crippen molar-refractivity contribution >= 4 is 17.4 Å². The fourth-order valence-electron chi connectivity index (χ4n) is 1.46. The first kappa shape index (κ1) is 13.0. The molecule has 5 nitrogen and oxygen atoms in total. The summed E-state index contributed by atoms with van der Waals surface area (Å²) in [5.74, 6) is 1.27. The third-order valence-electron chi connectivity index (χ3n) is 2.68. The number of halogens is 1. The molecule has 1 aliphatic rings. The van der Waals surface area contributed by atoms with Gasteiger partial charge in [-0.25, -0.2) is 0 Å². The molecule has 0 spiro atoms. The van der Waals surface area contributed by atoms with Crippen LogP contribution in [0.15, 0.2) is 23.4 Å². The molecule has 6 heteroatoms. The molecule has 0 heterocycles. The quantitative estimate of drug-likeness (QED) is 0.207. The molecule has 0 bridgehead atoms. The third-order valence-corrected chi connectivity index (χ3v) is 3.00. The highest BCUT2D eigenvalue weighted by Gasteiger charge is 2.21. The average molecular weight is 271 g/mol. The van der Waals surface area contributed by atoms with E-state index in [-0.39, 0.29) is 12.6 Å². The molecule has 0 radical (unpaired) electrons. The smallest absolute Gasteiger partial charge is 0.189 e. The molecule has 1 aromatic carbocycles. The van der Waals surface area contributed by atoms with Crippen LogP contribution in [0.2, 0.25) is 5.02 Å². The number of hydrogen-bond acceptors (Lipinski definition) is 4. The van der Waals surface area contributed by atoms with Crippen molar-refractivity contribution in [3.63, 3.8) is 0 Å². The second-order valence-electron chi connectivity index (χ2n) is 4.20. The molecule has 3 N–H and O–H groups in total. The van der Waals surface area contributed by atoms with Gasteiger partial charge in [0.1, 0.15) is 5.75 Å². The molecule has 0 amide bonds. The number of oxime groups is 1. The minimum absolute atomic E-state index is 0.0310. The van der Waals surface area contributed by atoms with Crippen molar-refractivity contribution in [3.8, 4) is 5.75 Å². The first-order valence-corrected chi connectivity index (χ1v) is 6.06. The normalized spacial score (nSPS) is 15.7.